The smallest absolute Gasteiger partial charge is 0.0366 e. The maximum atomic E-state index is 2.55. The van der Waals surface area contributed by atoms with Gasteiger partial charge in [0, 0.05) is 18.8 Å². The van der Waals surface area contributed by atoms with Gasteiger partial charge in [-0.05, 0) is 41.9 Å². The van der Waals surface area contributed by atoms with Gasteiger partial charge >= 0.3 is 0 Å². The molecule has 0 spiro atoms. The molecule has 2 rings (SSSR count). The molecule has 1 heteroatoms. The van der Waals surface area contributed by atoms with Gasteiger partial charge < -0.3 is 4.90 Å². The molecule has 0 aliphatic carbocycles. The molecule has 1 aliphatic heterocycles. The SMILES string of the molecule is CC(c1ccc(N2CCCCCC2)cc1)C(C)(C)C. The van der Waals surface area contributed by atoms with E-state index < -0.39 is 0 Å². The molecule has 1 aromatic carbocycles. The molecule has 1 nitrogen and oxygen atoms in total. The Morgan fingerprint density at radius 3 is 1.89 bits per heavy atom. The molecule has 0 aromatic heterocycles. The second-order valence-corrected chi connectivity index (χ2v) is 7.08. The van der Waals surface area contributed by atoms with Crippen LogP contribution in [0, 0.1) is 5.41 Å². The standard InChI is InChI=1S/C18H29N/c1-15(18(2,3)4)16-9-11-17(12-10-16)19-13-7-5-6-8-14-19/h9-12,15H,5-8,13-14H2,1-4H3. The summed E-state index contributed by atoms with van der Waals surface area (Å²) in [4.78, 5) is 2.55. The summed E-state index contributed by atoms with van der Waals surface area (Å²) in [6.45, 7) is 11.8. The third kappa shape index (κ3) is 3.75. The zero-order valence-electron chi connectivity index (χ0n) is 13.1. The molecular weight excluding hydrogens is 230 g/mol. The van der Waals surface area contributed by atoms with Crippen molar-refractivity contribution in [2.24, 2.45) is 5.41 Å². The first-order chi connectivity index (χ1) is 8.98. The van der Waals surface area contributed by atoms with Gasteiger partial charge in [0.2, 0.25) is 0 Å². The molecule has 1 aromatic rings. The summed E-state index contributed by atoms with van der Waals surface area (Å²) in [6.07, 6.45) is 5.49. The van der Waals surface area contributed by atoms with Crippen molar-refractivity contribution in [3.8, 4) is 0 Å². The van der Waals surface area contributed by atoms with Crippen molar-refractivity contribution in [1.82, 2.24) is 0 Å². The highest BCUT2D eigenvalue weighted by molar-refractivity contribution is 5.48. The minimum atomic E-state index is 0.337. The number of benzene rings is 1. The highest BCUT2D eigenvalue weighted by Crippen LogP contribution is 2.35. The maximum absolute atomic E-state index is 2.55. The number of anilines is 1. The number of nitrogens with zero attached hydrogens (tertiary/aromatic N) is 1. The van der Waals surface area contributed by atoms with Gasteiger partial charge in [0.15, 0.2) is 0 Å². The zero-order chi connectivity index (χ0) is 13.9. The van der Waals surface area contributed by atoms with Crippen molar-refractivity contribution in [2.45, 2.75) is 59.3 Å². The zero-order valence-corrected chi connectivity index (χ0v) is 13.1. The Kier molecular flexibility index (Phi) is 4.54. The van der Waals surface area contributed by atoms with E-state index in [1.165, 1.54) is 50.0 Å². The lowest BCUT2D eigenvalue weighted by atomic mass is 9.78. The second kappa shape index (κ2) is 5.98. The van der Waals surface area contributed by atoms with E-state index in [4.69, 9.17) is 0 Å². The van der Waals surface area contributed by atoms with Crippen LogP contribution in [0.3, 0.4) is 0 Å². The van der Waals surface area contributed by atoms with E-state index in [2.05, 4.69) is 56.9 Å². The summed E-state index contributed by atoms with van der Waals surface area (Å²) in [7, 11) is 0. The van der Waals surface area contributed by atoms with E-state index >= 15 is 0 Å². The van der Waals surface area contributed by atoms with Gasteiger partial charge in [-0.25, -0.2) is 0 Å². The Morgan fingerprint density at radius 2 is 1.42 bits per heavy atom. The van der Waals surface area contributed by atoms with Gasteiger partial charge in [-0.3, -0.25) is 0 Å². The Morgan fingerprint density at radius 1 is 0.895 bits per heavy atom. The van der Waals surface area contributed by atoms with Crippen molar-refractivity contribution >= 4 is 5.69 Å². The highest BCUT2D eigenvalue weighted by atomic mass is 15.1. The molecule has 1 heterocycles. The summed E-state index contributed by atoms with van der Waals surface area (Å²) in [6, 6.07) is 9.30. The van der Waals surface area contributed by atoms with E-state index in [1.807, 2.05) is 0 Å². The lowest BCUT2D eigenvalue weighted by Crippen LogP contribution is -2.23. The van der Waals surface area contributed by atoms with E-state index in [0.717, 1.165) is 0 Å². The first-order valence-corrected chi connectivity index (χ1v) is 7.83. The normalized spacial score (nSPS) is 19.1. The van der Waals surface area contributed by atoms with Crippen molar-refractivity contribution in [1.29, 1.82) is 0 Å². The molecule has 1 unspecified atom stereocenters. The average Bonchev–Trinajstić information content (AvgIpc) is 2.66. The van der Waals surface area contributed by atoms with Crippen molar-refractivity contribution in [3.05, 3.63) is 29.8 Å². The van der Waals surface area contributed by atoms with Gasteiger partial charge in [-0.2, -0.15) is 0 Å². The maximum Gasteiger partial charge on any atom is 0.0366 e. The Hall–Kier alpha value is -0.980. The van der Waals surface area contributed by atoms with Crippen LogP contribution in [0.1, 0.15) is 64.9 Å². The monoisotopic (exact) mass is 259 g/mol. The average molecular weight is 259 g/mol. The molecule has 0 bridgehead atoms. The van der Waals surface area contributed by atoms with Gasteiger partial charge in [0.05, 0.1) is 0 Å². The van der Waals surface area contributed by atoms with Gasteiger partial charge in [0.25, 0.3) is 0 Å². The fourth-order valence-corrected chi connectivity index (χ4v) is 2.80. The van der Waals surface area contributed by atoms with Crippen LogP contribution in [-0.2, 0) is 0 Å². The lowest BCUT2D eigenvalue weighted by molar-refractivity contribution is 0.339. The van der Waals surface area contributed by atoms with Crippen LogP contribution in [0.5, 0.6) is 0 Å². The molecular formula is C18H29N. The molecule has 19 heavy (non-hydrogen) atoms. The minimum absolute atomic E-state index is 0.337. The Labute approximate surface area is 119 Å². The summed E-state index contributed by atoms with van der Waals surface area (Å²) in [5, 5.41) is 0. The first kappa shape index (κ1) is 14.4. The second-order valence-electron chi connectivity index (χ2n) is 7.08. The summed E-state index contributed by atoms with van der Waals surface area (Å²) >= 11 is 0. The van der Waals surface area contributed by atoms with Crippen LogP contribution < -0.4 is 4.90 Å². The van der Waals surface area contributed by atoms with E-state index in [0.29, 0.717) is 11.3 Å². The number of hydrogen-bond donors (Lipinski definition) is 0. The van der Waals surface area contributed by atoms with Crippen molar-refractivity contribution < 1.29 is 0 Å². The highest BCUT2D eigenvalue weighted by Gasteiger charge is 2.21. The van der Waals surface area contributed by atoms with Crippen LogP contribution in [0.4, 0.5) is 5.69 Å². The van der Waals surface area contributed by atoms with E-state index in [1.54, 1.807) is 0 Å². The van der Waals surface area contributed by atoms with Crippen LogP contribution >= 0.6 is 0 Å². The predicted octanol–water partition coefficient (Wildman–Crippen LogP) is 5.22. The first-order valence-electron chi connectivity index (χ1n) is 7.83. The fourth-order valence-electron chi connectivity index (χ4n) is 2.80. The molecule has 0 saturated carbocycles. The van der Waals surface area contributed by atoms with E-state index in [9.17, 15) is 0 Å². The van der Waals surface area contributed by atoms with Gasteiger partial charge in [0.1, 0.15) is 0 Å². The van der Waals surface area contributed by atoms with Crippen LogP contribution in [0.2, 0.25) is 0 Å². The quantitative estimate of drug-likeness (QED) is 0.704. The largest absolute Gasteiger partial charge is 0.372 e. The van der Waals surface area contributed by atoms with Crippen LogP contribution in [0.15, 0.2) is 24.3 Å². The van der Waals surface area contributed by atoms with E-state index in [-0.39, 0.29) is 0 Å². The van der Waals surface area contributed by atoms with Gasteiger partial charge in [-0.1, -0.05) is 52.7 Å². The molecule has 1 saturated heterocycles. The summed E-state index contributed by atoms with van der Waals surface area (Å²) < 4.78 is 0. The van der Waals surface area contributed by atoms with Crippen molar-refractivity contribution in [3.63, 3.8) is 0 Å². The molecule has 0 N–H and O–H groups in total. The lowest BCUT2D eigenvalue weighted by Gasteiger charge is -2.28. The van der Waals surface area contributed by atoms with Gasteiger partial charge in [-0.15, -0.1) is 0 Å². The molecule has 106 valence electrons. The molecule has 1 atom stereocenters. The Balaban J connectivity index is 2.09. The van der Waals surface area contributed by atoms with Crippen LogP contribution in [0.25, 0.3) is 0 Å². The topological polar surface area (TPSA) is 3.24 Å². The number of hydrogen-bond acceptors (Lipinski definition) is 1. The molecule has 0 radical (unpaired) electrons. The minimum Gasteiger partial charge on any atom is -0.372 e. The third-order valence-corrected chi connectivity index (χ3v) is 4.66. The third-order valence-electron chi connectivity index (χ3n) is 4.66. The summed E-state index contributed by atoms with van der Waals surface area (Å²) in [5.74, 6) is 0.602. The Bertz CT molecular complexity index is 377. The molecule has 1 fully saturated rings. The fraction of sp³-hybridized carbons (Fsp3) is 0.667. The van der Waals surface area contributed by atoms with Crippen LogP contribution in [-0.4, -0.2) is 13.1 Å². The summed E-state index contributed by atoms with van der Waals surface area (Å²) in [5.41, 5.74) is 3.21. The molecule has 1 aliphatic rings. The molecule has 0 amide bonds. The predicted molar refractivity (Wildman–Crippen MR) is 85.0 cm³/mol. The van der Waals surface area contributed by atoms with Crippen molar-refractivity contribution in [2.75, 3.05) is 18.0 Å². The number of rotatable bonds is 2.